The maximum Gasteiger partial charge on any atom is 0.239 e. The number of carbonyl (C=O) groups excluding carboxylic acids is 2. The molecular weight excluding hydrogens is 324 g/mol. The molecule has 9 heteroatoms. The molecule has 0 aliphatic carbocycles. The number of tetrazole rings is 1. The standard InChI is InChI=1S/C16H14N6O3/c1-9(23)11-4-2-10(3-5-11)6-12-7-13(18-17-12)14(24)8-15(25)16-19-21-22-20-16/h2-5,7-8,25H,6H2,1H3,(H,17,18)(H,19,20,21,22). The van der Waals surface area contributed by atoms with Gasteiger partial charge in [0.1, 0.15) is 5.69 Å². The van der Waals surface area contributed by atoms with E-state index in [0.717, 1.165) is 11.6 Å². The van der Waals surface area contributed by atoms with Crippen LogP contribution in [0.3, 0.4) is 0 Å². The molecule has 0 saturated heterocycles. The molecule has 0 unspecified atom stereocenters. The van der Waals surface area contributed by atoms with Gasteiger partial charge in [0, 0.05) is 18.1 Å². The van der Waals surface area contributed by atoms with Crippen LogP contribution in [-0.4, -0.2) is 47.5 Å². The van der Waals surface area contributed by atoms with E-state index in [1.165, 1.54) is 6.92 Å². The van der Waals surface area contributed by atoms with Gasteiger partial charge >= 0.3 is 0 Å². The summed E-state index contributed by atoms with van der Waals surface area (Å²) < 4.78 is 0. The Bertz CT molecular complexity index is 925. The molecule has 0 amide bonds. The van der Waals surface area contributed by atoms with Crippen molar-refractivity contribution < 1.29 is 14.7 Å². The minimum atomic E-state index is -0.465. The lowest BCUT2D eigenvalue weighted by Crippen LogP contribution is -1.98. The van der Waals surface area contributed by atoms with Gasteiger partial charge in [-0.05, 0) is 23.8 Å². The average molecular weight is 338 g/mol. The van der Waals surface area contributed by atoms with Crippen LogP contribution in [0.5, 0.6) is 0 Å². The van der Waals surface area contributed by atoms with Crippen LogP contribution in [0.4, 0.5) is 0 Å². The highest BCUT2D eigenvalue weighted by molar-refractivity contribution is 6.06. The zero-order valence-corrected chi connectivity index (χ0v) is 13.2. The lowest BCUT2D eigenvalue weighted by Gasteiger charge is -1.99. The highest BCUT2D eigenvalue weighted by Crippen LogP contribution is 2.12. The minimum absolute atomic E-state index is 0.00685. The number of nitrogens with zero attached hydrogens (tertiary/aromatic N) is 4. The number of aromatic nitrogens is 6. The number of hydrogen-bond acceptors (Lipinski definition) is 7. The molecular formula is C16H14N6O3. The van der Waals surface area contributed by atoms with Gasteiger partial charge in [-0.2, -0.15) is 10.3 Å². The van der Waals surface area contributed by atoms with Gasteiger partial charge in [0.2, 0.25) is 11.6 Å². The molecule has 0 atom stereocenters. The number of ketones is 2. The van der Waals surface area contributed by atoms with Crippen molar-refractivity contribution in [2.75, 3.05) is 0 Å². The number of aliphatic hydroxyl groups excluding tert-OH is 1. The maximum atomic E-state index is 12.1. The Kier molecular flexibility index (Phi) is 4.46. The monoisotopic (exact) mass is 338 g/mol. The number of H-pyrrole nitrogens is 2. The first-order valence-corrected chi connectivity index (χ1v) is 7.36. The molecule has 0 spiro atoms. The van der Waals surface area contributed by atoms with E-state index in [9.17, 15) is 14.7 Å². The largest absolute Gasteiger partial charge is 0.504 e. The molecule has 9 nitrogen and oxygen atoms in total. The van der Waals surface area contributed by atoms with Crippen molar-refractivity contribution >= 4 is 17.3 Å². The topological polar surface area (TPSA) is 138 Å². The second-order valence-corrected chi connectivity index (χ2v) is 5.33. The van der Waals surface area contributed by atoms with Crippen molar-refractivity contribution in [1.82, 2.24) is 30.8 Å². The molecule has 2 heterocycles. The summed E-state index contributed by atoms with van der Waals surface area (Å²) >= 11 is 0. The Labute approximate surface area is 141 Å². The fourth-order valence-corrected chi connectivity index (χ4v) is 2.18. The smallest absolute Gasteiger partial charge is 0.239 e. The summed E-state index contributed by atoms with van der Waals surface area (Å²) in [5.41, 5.74) is 2.49. The lowest BCUT2D eigenvalue weighted by molar-refractivity contribution is 0.101. The Morgan fingerprint density at radius 1 is 1.20 bits per heavy atom. The molecule has 0 saturated carbocycles. The molecule has 25 heavy (non-hydrogen) atoms. The van der Waals surface area contributed by atoms with Crippen molar-refractivity contribution in [3.63, 3.8) is 0 Å². The van der Waals surface area contributed by atoms with Crippen LogP contribution < -0.4 is 0 Å². The van der Waals surface area contributed by atoms with Crippen molar-refractivity contribution in [1.29, 1.82) is 0 Å². The first kappa shape index (κ1) is 16.2. The number of Topliss-reactive ketones (excluding diaryl/α,β-unsaturated/α-hetero) is 1. The molecule has 126 valence electrons. The van der Waals surface area contributed by atoms with Gasteiger partial charge in [-0.1, -0.05) is 24.3 Å². The zero-order valence-electron chi connectivity index (χ0n) is 13.2. The molecule has 0 aliphatic heterocycles. The molecule has 2 aromatic heterocycles. The van der Waals surface area contributed by atoms with Gasteiger partial charge in [-0.25, -0.2) is 0 Å². The van der Waals surface area contributed by atoms with Crippen LogP contribution in [0.25, 0.3) is 5.76 Å². The highest BCUT2D eigenvalue weighted by Gasteiger charge is 2.12. The van der Waals surface area contributed by atoms with E-state index in [0.29, 0.717) is 17.7 Å². The molecule has 3 rings (SSSR count). The third-order valence-corrected chi connectivity index (χ3v) is 3.48. The van der Waals surface area contributed by atoms with Gasteiger partial charge in [0.05, 0.1) is 5.69 Å². The summed E-state index contributed by atoms with van der Waals surface area (Å²) in [6.45, 7) is 1.51. The lowest BCUT2D eigenvalue weighted by atomic mass is 10.1. The Balaban J connectivity index is 1.70. The second-order valence-electron chi connectivity index (χ2n) is 5.33. The average Bonchev–Trinajstić information content (AvgIpc) is 3.27. The Hall–Kier alpha value is -3.62. The summed E-state index contributed by atoms with van der Waals surface area (Å²) in [5.74, 6) is -0.922. The normalized spacial score (nSPS) is 11.5. The number of benzene rings is 1. The molecule has 0 bridgehead atoms. The van der Waals surface area contributed by atoms with E-state index in [1.807, 2.05) is 12.1 Å². The highest BCUT2D eigenvalue weighted by atomic mass is 16.3. The number of rotatable bonds is 6. The maximum absolute atomic E-state index is 12.1. The number of aromatic amines is 2. The summed E-state index contributed by atoms with van der Waals surface area (Å²) in [7, 11) is 0. The Morgan fingerprint density at radius 3 is 2.60 bits per heavy atom. The second kappa shape index (κ2) is 6.87. The predicted octanol–water partition coefficient (Wildman–Crippen LogP) is 1.50. The SMILES string of the molecule is CC(=O)c1ccc(Cc2cc(C(=O)C=C(O)c3nn[nH]n3)[nH]n2)cc1. The number of carbonyl (C=O) groups is 2. The fourth-order valence-electron chi connectivity index (χ4n) is 2.18. The van der Waals surface area contributed by atoms with E-state index < -0.39 is 11.5 Å². The minimum Gasteiger partial charge on any atom is -0.504 e. The van der Waals surface area contributed by atoms with Crippen molar-refractivity contribution in [2.24, 2.45) is 0 Å². The third-order valence-electron chi connectivity index (χ3n) is 3.48. The zero-order chi connectivity index (χ0) is 17.8. The van der Waals surface area contributed by atoms with Gasteiger partial charge in [-0.15, -0.1) is 10.2 Å². The van der Waals surface area contributed by atoms with Crippen LogP contribution in [0.15, 0.2) is 36.4 Å². The van der Waals surface area contributed by atoms with Crippen LogP contribution in [0.1, 0.15) is 44.9 Å². The van der Waals surface area contributed by atoms with Gasteiger partial charge < -0.3 is 5.11 Å². The first-order valence-electron chi connectivity index (χ1n) is 7.36. The predicted molar refractivity (Wildman–Crippen MR) is 87.0 cm³/mol. The van der Waals surface area contributed by atoms with Gasteiger partial charge in [-0.3, -0.25) is 14.7 Å². The van der Waals surface area contributed by atoms with Gasteiger partial charge in [0.25, 0.3) is 0 Å². The summed E-state index contributed by atoms with van der Waals surface area (Å²) in [5, 5.41) is 29.1. The third kappa shape index (κ3) is 3.83. The van der Waals surface area contributed by atoms with Crippen LogP contribution in [-0.2, 0) is 6.42 Å². The quantitative estimate of drug-likeness (QED) is 0.352. The fraction of sp³-hybridized carbons (Fsp3) is 0.125. The van der Waals surface area contributed by atoms with E-state index in [-0.39, 0.29) is 17.3 Å². The van der Waals surface area contributed by atoms with E-state index in [4.69, 9.17) is 0 Å². The van der Waals surface area contributed by atoms with Gasteiger partial charge in [0.15, 0.2) is 11.5 Å². The van der Waals surface area contributed by atoms with Crippen molar-refractivity contribution in [3.8, 4) is 0 Å². The van der Waals surface area contributed by atoms with E-state index >= 15 is 0 Å². The summed E-state index contributed by atoms with van der Waals surface area (Å²) in [4.78, 5) is 23.4. The number of aliphatic hydroxyl groups is 1. The summed E-state index contributed by atoms with van der Waals surface area (Å²) in [6, 6.07) is 8.79. The number of nitrogens with one attached hydrogen (secondary N) is 2. The van der Waals surface area contributed by atoms with Crippen LogP contribution in [0.2, 0.25) is 0 Å². The molecule has 0 fully saturated rings. The Morgan fingerprint density at radius 2 is 1.96 bits per heavy atom. The molecule has 3 aromatic rings. The molecule has 0 radical (unpaired) electrons. The van der Waals surface area contributed by atoms with Crippen LogP contribution >= 0.6 is 0 Å². The molecule has 1 aromatic carbocycles. The molecule has 0 aliphatic rings. The summed E-state index contributed by atoms with van der Waals surface area (Å²) in [6.07, 6.45) is 1.49. The van der Waals surface area contributed by atoms with E-state index in [2.05, 4.69) is 30.8 Å². The van der Waals surface area contributed by atoms with Crippen LogP contribution in [0, 0.1) is 0 Å². The molecule has 3 N–H and O–H groups in total. The number of allylic oxidation sites excluding steroid dienone is 1. The van der Waals surface area contributed by atoms with Crippen molar-refractivity contribution in [3.05, 3.63) is 64.7 Å². The first-order chi connectivity index (χ1) is 12.0. The van der Waals surface area contributed by atoms with Crippen molar-refractivity contribution in [2.45, 2.75) is 13.3 Å². The van der Waals surface area contributed by atoms with E-state index in [1.54, 1.807) is 18.2 Å². The number of hydrogen-bond donors (Lipinski definition) is 3.